The number of rotatable bonds is 14. The van der Waals surface area contributed by atoms with Crippen molar-refractivity contribution < 1.29 is 34.4 Å². The molecule has 2 aromatic carbocycles. The van der Waals surface area contributed by atoms with Gasteiger partial charge in [0, 0.05) is 35.7 Å². The number of carbonyl (C=O) groups excluding carboxylic acids is 2. The molecule has 2 aliphatic rings. The van der Waals surface area contributed by atoms with E-state index in [1.54, 1.807) is 35.2 Å². The molecule has 4 unspecified atom stereocenters. The van der Waals surface area contributed by atoms with Gasteiger partial charge in [-0.1, -0.05) is 56.3 Å². The second kappa shape index (κ2) is 14.9. The highest BCUT2D eigenvalue weighted by molar-refractivity contribution is 6.30. The lowest BCUT2D eigenvalue weighted by Gasteiger charge is -2.41. The molecule has 0 aromatic heterocycles. The zero-order valence-electron chi connectivity index (χ0n) is 24.2. The number of fused-ring (bicyclic) bond motifs is 3. The number of unbranched alkanes of at least 4 members (excludes halogenated alkanes) is 4. The third-order valence-corrected chi connectivity index (χ3v) is 8.19. The van der Waals surface area contributed by atoms with E-state index in [1.165, 1.54) is 7.11 Å². The van der Waals surface area contributed by atoms with Crippen LogP contribution in [0.4, 0.5) is 0 Å². The van der Waals surface area contributed by atoms with Crippen LogP contribution < -0.4 is 14.8 Å². The molecular formula is C32H41ClN2O7. The minimum Gasteiger partial charge on any atom is -0.493 e. The number of carbonyl (C=O) groups is 2. The van der Waals surface area contributed by atoms with Gasteiger partial charge in [-0.25, -0.2) is 0 Å². The lowest BCUT2D eigenvalue weighted by Crippen LogP contribution is -2.55. The van der Waals surface area contributed by atoms with Crippen LogP contribution >= 0.6 is 11.6 Å². The molecule has 10 heteroatoms. The first-order valence-electron chi connectivity index (χ1n) is 14.6. The van der Waals surface area contributed by atoms with Gasteiger partial charge >= 0.3 is 0 Å². The summed E-state index contributed by atoms with van der Waals surface area (Å²) in [4.78, 5) is 28.9. The molecule has 9 nitrogen and oxygen atoms in total. The maximum atomic E-state index is 13.8. The molecule has 2 aromatic rings. The highest BCUT2D eigenvalue weighted by Gasteiger charge is 2.51. The third-order valence-electron chi connectivity index (χ3n) is 7.94. The topological polar surface area (TPSA) is 129 Å². The Kier molecular flexibility index (Phi) is 11.3. The fourth-order valence-electron chi connectivity index (χ4n) is 5.79. The lowest BCUT2D eigenvalue weighted by molar-refractivity contribution is -0.138. The monoisotopic (exact) mass is 600 g/mol. The number of halogens is 1. The van der Waals surface area contributed by atoms with Crippen LogP contribution in [-0.4, -0.2) is 70.5 Å². The van der Waals surface area contributed by atoms with Gasteiger partial charge in [0.25, 0.3) is 0 Å². The fourth-order valence-corrected chi connectivity index (χ4v) is 5.91. The fraction of sp³-hybridized carbons (Fsp3) is 0.500. The van der Waals surface area contributed by atoms with Crippen molar-refractivity contribution in [3.63, 3.8) is 0 Å². The predicted molar refractivity (Wildman–Crippen MR) is 159 cm³/mol. The van der Waals surface area contributed by atoms with Gasteiger partial charge in [-0.2, -0.15) is 0 Å². The SMILES string of the molecule is CCCCCCCC(=O)N(Cc1ccc(Cl)cc1)C1C=C(C(=O)NCCO)C2c3cc(CO)cc(OC)c3OC2C1O. The average Bonchev–Trinajstić information content (AvgIpc) is 3.39. The smallest absolute Gasteiger partial charge is 0.247 e. The summed E-state index contributed by atoms with van der Waals surface area (Å²) < 4.78 is 11.8. The molecule has 228 valence electrons. The molecule has 0 spiro atoms. The standard InChI is InChI=1S/C32H41ClN2O7/c1-3-4-5-6-7-8-27(38)35(18-20-9-11-22(33)12-10-20)25-17-24(32(40)34-13-14-36)28-23-15-21(19-37)16-26(41-2)30(23)42-31(28)29(25)39/h9-12,15-17,25,28-29,31,36-37,39H,3-8,13-14,18-19H2,1-2H3,(H,34,40). The molecule has 4 N–H and O–H groups in total. The molecule has 4 atom stereocenters. The Morgan fingerprint density at radius 2 is 1.81 bits per heavy atom. The van der Waals surface area contributed by atoms with Gasteiger partial charge in [0.15, 0.2) is 11.5 Å². The number of hydrogen-bond donors (Lipinski definition) is 4. The number of amides is 2. The molecule has 4 rings (SSSR count). The Hall–Kier alpha value is -3.11. The van der Waals surface area contributed by atoms with Crippen molar-refractivity contribution in [3.8, 4) is 11.5 Å². The summed E-state index contributed by atoms with van der Waals surface area (Å²) in [7, 11) is 1.49. The van der Waals surface area contributed by atoms with Crippen molar-refractivity contribution in [2.45, 2.75) is 82.8 Å². The quantitative estimate of drug-likeness (QED) is 0.242. The van der Waals surface area contributed by atoms with Crippen molar-refractivity contribution in [2.24, 2.45) is 0 Å². The minimum atomic E-state index is -1.17. The van der Waals surface area contributed by atoms with E-state index in [0.717, 1.165) is 37.7 Å². The second-order valence-electron chi connectivity index (χ2n) is 10.8. The average molecular weight is 601 g/mol. The Labute approximate surface area is 252 Å². The Balaban J connectivity index is 1.74. The zero-order valence-corrected chi connectivity index (χ0v) is 25.0. The number of methoxy groups -OCH3 is 1. The van der Waals surface area contributed by atoms with E-state index in [-0.39, 0.29) is 32.2 Å². The van der Waals surface area contributed by atoms with Crippen LogP contribution in [0, 0.1) is 0 Å². The van der Waals surface area contributed by atoms with E-state index in [1.807, 2.05) is 12.1 Å². The van der Waals surface area contributed by atoms with Crippen molar-refractivity contribution in [2.75, 3.05) is 20.3 Å². The molecule has 1 aliphatic carbocycles. The Morgan fingerprint density at radius 1 is 1.07 bits per heavy atom. The molecule has 1 aliphatic heterocycles. The summed E-state index contributed by atoms with van der Waals surface area (Å²) in [5.41, 5.74) is 2.33. The summed E-state index contributed by atoms with van der Waals surface area (Å²) in [5, 5.41) is 34.3. The number of benzene rings is 2. The molecule has 42 heavy (non-hydrogen) atoms. The summed E-state index contributed by atoms with van der Waals surface area (Å²) in [6, 6.07) is 9.72. The zero-order chi connectivity index (χ0) is 30.2. The van der Waals surface area contributed by atoms with Gasteiger partial charge in [-0.15, -0.1) is 0 Å². The summed E-state index contributed by atoms with van der Waals surface area (Å²) >= 11 is 6.11. The molecule has 0 radical (unpaired) electrons. The van der Waals surface area contributed by atoms with Gasteiger partial charge in [0.1, 0.15) is 12.2 Å². The maximum absolute atomic E-state index is 13.8. The van der Waals surface area contributed by atoms with Crippen molar-refractivity contribution in [3.05, 3.63) is 69.8 Å². The van der Waals surface area contributed by atoms with Crippen molar-refractivity contribution in [1.82, 2.24) is 10.2 Å². The largest absolute Gasteiger partial charge is 0.493 e. The number of nitrogens with one attached hydrogen (secondary N) is 1. The van der Waals surface area contributed by atoms with Gasteiger partial charge < -0.3 is 35.0 Å². The molecule has 0 saturated heterocycles. The van der Waals surface area contributed by atoms with Crippen LogP contribution in [0.3, 0.4) is 0 Å². The Morgan fingerprint density at radius 3 is 2.48 bits per heavy atom. The van der Waals surface area contributed by atoms with E-state index in [0.29, 0.717) is 39.6 Å². The Bertz CT molecular complexity index is 1270. The molecule has 0 fully saturated rings. The first kappa shape index (κ1) is 31.8. The highest BCUT2D eigenvalue weighted by Crippen LogP contribution is 2.51. The molecular weight excluding hydrogens is 560 g/mol. The van der Waals surface area contributed by atoms with Crippen LogP contribution in [0.25, 0.3) is 0 Å². The van der Waals surface area contributed by atoms with E-state index in [9.17, 15) is 24.9 Å². The van der Waals surface area contributed by atoms with Gasteiger partial charge in [0.2, 0.25) is 11.8 Å². The summed E-state index contributed by atoms with van der Waals surface area (Å²) in [5.74, 6) is -0.472. The van der Waals surface area contributed by atoms with Gasteiger partial charge in [-0.3, -0.25) is 9.59 Å². The van der Waals surface area contributed by atoms with Crippen LogP contribution in [0.2, 0.25) is 5.02 Å². The molecule has 2 amide bonds. The van der Waals surface area contributed by atoms with Crippen LogP contribution in [-0.2, 0) is 22.7 Å². The van der Waals surface area contributed by atoms with Crippen molar-refractivity contribution >= 4 is 23.4 Å². The number of aliphatic hydroxyl groups excluding tert-OH is 3. The first-order chi connectivity index (χ1) is 20.3. The van der Waals surface area contributed by atoms with Gasteiger partial charge in [0.05, 0.1) is 32.3 Å². The van der Waals surface area contributed by atoms with Crippen LogP contribution in [0.1, 0.15) is 68.1 Å². The summed E-state index contributed by atoms with van der Waals surface area (Å²) in [6.07, 6.45) is 4.82. The second-order valence-corrected chi connectivity index (χ2v) is 11.3. The van der Waals surface area contributed by atoms with Gasteiger partial charge in [-0.05, 0) is 47.9 Å². The van der Waals surface area contributed by atoms with E-state index < -0.39 is 30.1 Å². The molecule has 1 heterocycles. The number of aliphatic hydroxyl groups is 3. The molecule has 0 bridgehead atoms. The molecule has 0 saturated carbocycles. The van der Waals surface area contributed by atoms with Crippen LogP contribution in [0.5, 0.6) is 11.5 Å². The van der Waals surface area contributed by atoms with E-state index in [4.69, 9.17) is 21.1 Å². The highest BCUT2D eigenvalue weighted by atomic mass is 35.5. The first-order valence-corrected chi connectivity index (χ1v) is 15.0. The lowest BCUT2D eigenvalue weighted by atomic mass is 9.77. The number of ether oxygens (including phenoxy) is 2. The van der Waals surface area contributed by atoms with Crippen LogP contribution in [0.15, 0.2) is 48.0 Å². The van der Waals surface area contributed by atoms with E-state index in [2.05, 4.69) is 12.2 Å². The van der Waals surface area contributed by atoms with E-state index >= 15 is 0 Å². The number of hydrogen-bond acceptors (Lipinski definition) is 7. The van der Waals surface area contributed by atoms with Crippen molar-refractivity contribution in [1.29, 1.82) is 0 Å². The third kappa shape index (κ3) is 7.09. The minimum absolute atomic E-state index is 0.0413. The number of nitrogens with zero attached hydrogens (tertiary/aromatic N) is 1. The maximum Gasteiger partial charge on any atom is 0.247 e. The predicted octanol–water partition coefficient (Wildman–Crippen LogP) is 3.85. The normalized spacial score (nSPS) is 20.7. The summed E-state index contributed by atoms with van der Waals surface area (Å²) in [6.45, 7) is 1.90.